The molecule has 0 aliphatic heterocycles. The molecule has 0 aliphatic rings. The number of anilines is 1. The number of para-hydroxylation sites is 1. The molecule has 3 aromatic rings. The molecule has 0 heterocycles. The Morgan fingerprint density at radius 2 is 1.61 bits per heavy atom. The van der Waals surface area contributed by atoms with Crippen LogP contribution in [-0.4, -0.2) is 43.8 Å². The van der Waals surface area contributed by atoms with Crippen LogP contribution in [0.5, 0.6) is 0 Å². The molecule has 1 N–H and O–H groups in total. The molecular formula is C29H34FN3O4S. The molecule has 0 saturated heterocycles. The van der Waals surface area contributed by atoms with Gasteiger partial charge < -0.3 is 10.2 Å². The first kappa shape index (κ1) is 28.8. The lowest BCUT2D eigenvalue weighted by Gasteiger charge is -2.33. The molecule has 0 bridgehead atoms. The van der Waals surface area contributed by atoms with Crippen LogP contribution in [0.1, 0.15) is 38.3 Å². The van der Waals surface area contributed by atoms with Crippen LogP contribution in [-0.2, 0) is 26.2 Å². The number of halogens is 1. The van der Waals surface area contributed by atoms with E-state index in [1.165, 1.54) is 35.2 Å². The average Bonchev–Trinajstić information content (AvgIpc) is 2.87. The van der Waals surface area contributed by atoms with Gasteiger partial charge in [0.2, 0.25) is 11.8 Å². The van der Waals surface area contributed by atoms with Gasteiger partial charge in [0.25, 0.3) is 10.0 Å². The van der Waals surface area contributed by atoms with Gasteiger partial charge in [-0.05, 0) is 57.0 Å². The lowest BCUT2D eigenvalue weighted by molar-refractivity contribution is -0.140. The lowest BCUT2D eigenvalue weighted by Crippen LogP contribution is -2.53. The third-order valence-electron chi connectivity index (χ3n) is 5.98. The van der Waals surface area contributed by atoms with Crippen molar-refractivity contribution in [2.45, 2.75) is 57.6 Å². The zero-order valence-electron chi connectivity index (χ0n) is 22.1. The van der Waals surface area contributed by atoms with E-state index in [1.807, 2.05) is 45.0 Å². The van der Waals surface area contributed by atoms with Crippen LogP contribution in [0.15, 0.2) is 83.8 Å². The van der Waals surface area contributed by atoms with E-state index in [1.54, 1.807) is 25.1 Å². The number of amides is 2. The highest BCUT2D eigenvalue weighted by molar-refractivity contribution is 7.92. The molecule has 1 unspecified atom stereocenters. The van der Waals surface area contributed by atoms with Gasteiger partial charge in [-0.25, -0.2) is 12.8 Å². The SMILES string of the molecule is CCC(C(=O)NC(C)C)N(Cc1cccc(C)c1)C(=O)CN(c1ccccc1F)S(=O)(=O)c1ccccc1. The summed E-state index contributed by atoms with van der Waals surface area (Å²) in [5, 5.41) is 2.85. The molecule has 0 radical (unpaired) electrons. The van der Waals surface area contributed by atoms with Gasteiger partial charge >= 0.3 is 0 Å². The highest BCUT2D eigenvalue weighted by Gasteiger charge is 2.34. The van der Waals surface area contributed by atoms with Crippen molar-refractivity contribution in [3.63, 3.8) is 0 Å². The molecule has 0 aromatic heterocycles. The number of rotatable bonds is 11. The number of benzene rings is 3. The summed E-state index contributed by atoms with van der Waals surface area (Å²) >= 11 is 0. The first-order valence-corrected chi connectivity index (χ1v) is 14.0. The van der Waals surface area contributed by atoms with Gasteiger partial charge in [-0.3, -0.25) is 13.9 Å². The van der Waals surface area contributed by atoms with Gasteiger partial charge in [0.05, 0.1) is 10.6 Å². The topological polar surface area (TPSA) is 86.8 Å². The Labute approximate surface area is 224 Å². The second-order valence-corrected chi connectivity index (χ2v) is 11.2. The summed E-state index contributed by atoms with van der Waals surface area (Å²) in [4.78, 5) is 28.3. The zero-order chi connectivity index (χ0) is 27.9. The fourth-order valence-electron chi connectivity index (χ4n) is 4.19. The number of nitrogens with one attached hydrogen (secondary N) is 1. The molecule has 3 aromatic carbocycles. The monoisotopic (exact) mass is 539 g/mol. The maximum absolute atomic E-state index is 14.9. The van der Waals surface area contributed by atoms with E-state index in [4.69, 9.17) is 0 Å². The molecule has 0 spiro atoms. The van der Waals surface area contributed by atoms with Crippen molar-refractivity contribution in [3.05, 3.63) is 95.8 Å². The quantitative estimate of drug-likeness (QED) is 0.384. The summed E-state index contributed by atoms with van der Waals surface area (Å²) in [6.45, 7) is 6.76. The van der Waals surface area contributed by atoms with Crippen molar-refractivity contribution in [2.24, 2.45) is 0 Å². The van der Waals surface area contributed by atoms with Crippen LogP contribution in [0.2, 0.25) is 0 Å². The van der Waals surface area contributed by atoms with Gasteiger partial charge in [0.15, 0.2) is 0 Å². The predicted octanol–water partition coefficient (Wildman–Crippen LogP) is 4.66. The Balaban J connectivity index is 2.07. The van der Waals surface area contributed by atoms with Crippen LogP contribution in [0.3, 0.4) is 0 Å². The number of sulfonamides is 1. The molecule has 202 valence electrons. The van der Waals surface area contributed by atoms with Crippen molar-refractivity contribution >= 4 is 27.5 Å². The first-order chi connectivity index (χ1) is 18.0. The fraction of sp³-hybridized carbons (Fsp3) is 0.310. The second-order valence-electron chi connectivity index (χ2n) is 9.37. The molecule has 9 heteroatoms. The van der Waals surface area contributed by atoms with Gasteiger partial charge in [0, 0.05) is 12.6 Å². The largest absolute Gasteiger partial charge is 0.352 e. The van der Waals surface area contributed by atoms with Crippen molar-refractivity contribution in [2.75, 3.05) is 10.8 Å². The third kappa shape index (κ3) is 6.98. The van der Waals surface area contributed by atoms with Crippen LogP contribution in [0.4, 0.5) is 10.1 Å². The number of hydrogen-bond acceptors (Lipinski definition) is 4. The molecule has 0 saturated carbocycles. The van der Waals surface area contributed by atoms with Gasteiger partial charge in [-0.15, -0.1) is 0 Å². The van der Waals surface area contributed by atoms with Crippen molar-refractivity contribution in [1.29, 1.82) is 0 Å². The highest BCUT2D eigenvalue weighted by atomic mass is 32.2. The molecule has 7 nitrogen and oxygen atoms in total. The maximum Gasteiger partial charge on any atom is 0.264 e. The Hall–Kier alpha value is -3.72. The standard InChI is InChI=1S/C29H34FN3O4S/c1-5-26(29(35)31-21(2)3)32(19-23-13-11-12-22(4)18-23)28(34)20-33(27-17-10-9-16-25(27)30)38(36,37)24-14-7-6-8-15-24/h6-18,21,26H,5,19-20H2,1-4H3,(H,31,35). The molecule has 0 fully saturated rings. The molecular weight excluding hydrogens is 505 g/mol. The van der Waals surface area contributed by atoms with E-state index >= 15 is 0 Å². The third-order valence-corrected chi connectivity index (χ3v) is 7.76. The van der Waals surface area contributed by atoms with Crippen molar-refractivity contribution in [3.8, 4) is 0 Å². The van der Waals surface area contributed by atoms with Crippen molar-refractivity contribution in [1.82, 2.24) is 10.2 Å². The van der Waals surface area contributed by atoms with E-state index < -0.39 is 34.3 Å². The van der Waals surface area contributed by atoms with E-state index in [-0.39, 0.29) is 29.1 Å². The fourth-order valence-corrected chi connectivity index (χ4v) is 5.64. The molecule has 0 aliphatic carbocycles. The van der Waals surface area contributed by atoms with Crippen LogP contribution >= 0.6 is 0 Å². The van der Waals surface area contributed by atoms with E-state index in [0.29, 0.717) is 6.42 Å². The average molecular weight is 540 g/mol. The Morgan fingerprint density at radius 1 is 0.947 bits per heavy atom. The summed E-state index contributed by atoms with van der Waals surface area (Å²) in [5.74, 6) is -1.75. The van der Waals surface area contributed by atoms with E-state index in [9.17, 15) is 22.4 Å². The molecule has 38 heavy (non-hydrogen) atoms. The number of aryl methyl sites for hydroxylation is 1. The Bertz CT molecular complexity index is 1360. The molecule has 1 atom stereocenters. The van der Waals surface area contributed by atoms with Gasteiger partial charge in [-0.2, -0.15) is 0 Å². The highest BCUT2D eigenvalue weighted by Crippen LogP contribution is 2.27. The van der Waals surface area contributed by atoms with Crippen molar-refractivity contribution < 1.29 is 22.4 Å². The summed E-state index contributed by atoms with van der Waals surface area (Å²) < 4.78 is 43.1. The van der Waals surface area contributed by atoms with E-state index in [2.05, 4.69) is 5.32 Å². The summed E-state index contributed by atoms with van der Waals surface area (Å²) in [6, 6.07) is 19.5. The minimum atomic E-state index is -4.31. The number of nitrogens with zero attached hydrogens (tertiary/aromatic N) is 2. The van der Waals surface area contributed by atoms with Crippen LogP contribution < -0.4 is 9.62 Å². The summed E-state index contributed by atoms with van der Waals surface area (Å²) in [6.07, 6.45) is 0.307. The number of carbonyl (C=O) groups is 2. The van der Waals surface area contributed by atoms with Gasteiger partial charge in [-0.1, -0.05) is 67.1 Å². The summed E-state index contributed by atoms with van der Waals surface area (Å²) in [5.41, 5.74) is 1.52. The minimum absolute atomic E-state index is 0.0779. The smallest absolute Gasteiger partial charge is 0.264 e. The van der Waals surface area contributed by atoms with E-state index in [0.717, 1.165) is 21.5 Å². The lowest BCUT2D eigenvalue weighted by atomic mass is 10.1. The zero-order valence-corrected chi connectivity index (χ0v) is 22.9. The minimum Gasteiger partial charge on any atom is -0.352 e. The molecule has 3 rings (SSSR count). The number of carbonyl (C=O) groups excluding carboxylic acids is 2. The first-order valence-electron chi connectivity index (χ1n) is 12.5. The Morgan fingerprint density at radius 3 is 2.21 bits per heavy atom. The normalized spacial score (nSPS) is 12.2. The van der Waals surface area contributed by atoms with Crippen LogP contribution in [0, 0.1) is 12.7 Å². The van der Waals surface area contributed by atoms with Gasteiger partial charge in [0.1, 0.15) is 18.4 Å². The van der Waals surface area contributed by atoms with Crippen LogP contribution in [0.25, 0.3) is 0 Å². The molecule has 2 amide bonds. The summed E-state index contributed by atoms with van der Waals surface area (Å²) in [7, 11) is -4.31. The Kier molecular flexibility index (Phi) is 9.63. The number of hydrogen-bond donors (Lipinski definition) is 1. The second kappa shape index (κ2) is 12.7. The predicted molar refractivity (Wildman–Crippen MR) is 146 cm³/mol. The maximum atomic E-state index is 14.9.